The molecule has 2 amide bonds. The third-order valence-electron chi connectivity index (χ3n) is 5.01. The summed E-state index contributed by atoms with van der Waals surface area (Å²) >= 11 is 5.82. The van der Waals surface area contributed by atoms with Crippen LogP contribution in [0.3, 0.4) is 0 Å². The Morgan fingerprint density at radius 3 is 2.48 bits per heavy atom. The second-order valence-electron chi connectivity index (χ2n) is 7.10. The molecule has 7 nitrogen and oxygen atoms in total. The number of benzene rings is 1. The topological polar surface area (TPSA) is 77.6 Å². The van der Waals surface area contributed by atoms with Crippen molar-refractivity contribution in [2.45, 2.75) is 19.5 Å². The molecule has 0 aliphatic carbocycles. The minimum atomic E-state index is -0.276. The van der Waals surface area contributed by atoms with Crippen LogP contribution < -0.4 is 10.6 Å². The summed E-state index contributed by atoms with van der Waals surface area (Å²) in [5, 5.41) is 6.30. The molecule has 0 bridgehead atoms. The molecule has 3 rings (SSSR count). The maximum Gasteiger partial charge on any atom is 0.242 e. The number of hydrogen-bond donors (Lipinski definition) is 2. The van der Waals surface area contributed by atoms with E-state index in [1.165, 1.54) is 6.20 Å². The monoisotopic (exact) mass is 415 g/mol. The van der Waals surface area contributed by atoms with Gasteiger partial charge in [-0.2, -0.15) is 0 Å². The Kier molecular flexibility index (Phi) is 7.57. The SMILES string of the molecule is CC(C(=O)Nc1ccc(Cl)cn1)N1CCN(CC(=O)NCc2ccccc2)CC1. The van der Waals surface area contributed by atoms with E-state index in [0.717, 1.165) is 31.7 Å². The molecule has 1 unspecified atom stereocenters. The first kappa shape index (κ1) is 21.2. The Morgan fingerprint density at radius 1 is 1.10 bits per heavy atom. The molecule has 2 heterocycles. The number of carbonyl (C=O) groups is 2. The van der Waals surface area contributed by atoms with Gasteiger partial charge in [0.25, 0.3) is 0 Å². The van der Waals surface area contributed by atoms with Crippen molar-refractivity contribution in [2.75, 3.05) is 38.0 Å². The highest BCUT2D eigenvalue weighted by Gasteiger charge is 2.26. The van der Waals surface area contributed by atoms with Crippen molar-refractivity contribution >= 4 is 29.2 Å². The van der Waals surface area contributed by atoms with Crippen molar-refractivity contribution in [2.24, 2.45) is 0 Å². The molecule has 29 heavy (non-hydrogen) atoms. The second kappa shape index (κ2) is 10.3. The molecule has 0 radical (unpaired) electrons. The van der Waals surface area contributed by atoms with Crippen LogP contribution in [0.4, 0.5) is 5.82 Å². The molecule has 1 aromatic heterocycles. The van der Waals surface area contributed by atoms with Gasteiger partial charge in [-0.15, -0.1) is 0 Å². The summed E-state index contributed by atoms with van der Waals surface area (Å²) in [4.78, 5) is 33.0. The predicted molar refractivity (Wildman–Crippen MR) is 114 cm³/mol. The van der Waals surface area contributed by atoms with Crippen LogP contribution in [0.15, 0.2) is 48.7 Å². The Balaban J connectivity index is 1.39. The Morgan fingerprint density at radius 2 is 1.83 bits per heavy atom. The van der Waals surface area contributed by atoms with Gasteiger partial charge in [-0.1, -0.05) is 41.9 Å². The van der Waals surface area contributed by atoms with E-state index < -0.39 is 0 Å². The minimum absolute atomic E-state index is 0.0157. The van der Waals surface area contributed by atoms with Crippen molar-refractivity contribution < 1.29 is 9.59 Å². The highest BCUT2D eigenvalue weighted by molar-refractivity contribution is 6.30. The van der Waals surface area contributed by atoms with Crippen LogP contribution in [0.25, 0.3) is 0 Å². The lowest BCUT2D eigenvalue weighted by molar-refractivity contribution is -0.124. The van der Waals surface area contributed by atoms with Crippen LogP contribution in [0, 0.1) is 0 Å². The average molecular weight is 416 g/mol. The van der Waals surface area contributed by atoms with Crippen molar-refractivity contribution in [3.8, 4) is 0 Å². The first-order valence-corrected chi connectivity index (χ1v) is 10.1. The van der Waals surface area contributed by atoms with E-state index in [9.17, 15) is 9.59 Å². The molecule has 1 aliphatic heterocycles. The van der Waals surface area contributed by atoms with Gasteiger partial charge in [0.2, 0.25) is 11.8 Å². The largest absolute Gasteiger partial charge is 0.351 e. The average Bonchev–Trinajstić information content (AvgIpc) is 2.74. The number of anilines is 1. The first-order valence-electron chi connectivity index (χ1n) is 9.71. The smallest absolute Gasteiger partial charge is 0.242 e. The summed E-state index contributed by atoms with van der Waals surface area (Å²) in [6.07, 6.45) is 1.50. The molecule has 2 N–H and O–H groups in total. The molecule has 1 aliphatic rings. The van der Waals surface area contributed by atoms with Crippen molar-refractivity contribution in [1.29, 1.82) is 0 Å². The van der Waals surface area contributed by atoms with Crippen LogP contribution >= 0.6 is 11.6 Å². The first-order chi connectivity index (χ1) is 14.0. The zero-order chi connectivity index (χ0) is 20.6. The molecule has 8 heteroatoms. The maximum atomic E-state index is 12.5. The minimum Gasteiger partial charge on any atom is -0.351 e. The molecule has 1 atom stereocenters. The Bertz CT molecular complexity index is 808. The number of hydrogen-bond acceptors (Lipinski definition) is 5. The maximum absolute atomic E-state index is 12.5. The summed E-state index contributed by atoms with van der Waals surface area (Å²) in [5.74, 6) is 0.399. The fourth-order valence-electron chi connectivity index (χ4n) is 3.21. The van der Waals surface area contributed by atoms with E-state index in [4.69, 9.17) is 11.6 Å². The Hall–Kier alpha value is -2.48. The summed E-state index contributed by atoms with van der Waals surface area (Å²) in [6.45, 7) is 5.74. The highest BCUT2D eigenvalue weighted by Crippen LogP contribution is 2.12. The Labute approximate surface area is 176 Å². The zero-order valence-corrected chi connectivity index (χ0v) is 17.2. The van der Waals surface area contributed by atoms with Gasteiger partial charge in [-0.25, -0.2) is 4.98 Å². The van der Waals surface area contributed by atoms with Crippen LogP contribution in [0.1, 0.15) is 12.5 Å². The lowest BCUT2D eigenvalue weighted by atomic mass is 10.2. The van der Waals surface area contributed by atoms with Gasteiger partial charge in [-0.05, 0) is 24.6 Å². The molecular formula is C21H26ClN5O2. The number of nitrogens with one attached hydrogen (secondary N) is 2. The third-order valence-corrected chi connectivity index (χ3v) is 5.24. The van der Waals surface area contributed by atoms with Gasteiger partial charge < -0.3 is 10.6 Å². The second-order valence-corrected chi connectivity index (χ2v) is 7.54. The number of carbonyl (C=O) groups excluding carboxylic acids is 2. The summed E-state index contributed by atoms with van der Waals surface area (Å²) < 4.78 is 0. The van der Waals surface area contributed by atoms with Crippen molar-refractivity contribution in [3.63, 3.8) is 0 Å². The normalized spacial score (nSPS) is 16.2. The van der Waals surface area contributed by atoms with Crippen LogP contribution in [0.5, 0.6) is 0 Å². The fraction of sp³-hybridized carbons (Fsp3) is 0.381. The molecule has 0 spiro atoms. The number of rotatable bonds is 7. The number of piperazine rings is 1. The van der Waals surface area contributed by atoms with Crippen molar-refractivity contribution in [3.05, 3.63) is 59.2 Å². The van der Waals surface area contributed by atoms with Gasteiger partial charge in [0.15, 0.2) is 0 Å². The molecule has 0 saturated carbocycles. The van der Waals surface area contributed by atoms with Crippen molar-refractivity contribution in [1.82, 2.24) is 20.1 Å². The number of halogens is 1. The highest BCUT2D eigenvalue weighted by atomic mass is 35.5. The van der Waals surface area contributed by atoms with Gasteiger partial charge in [0, 0.05) is 38.9 Å². The zero-order valence-electron chi connectivity index (χ0n) is 16.5. The molecule has 1 fully saturated rings. The van der Waals surface area contributed by atoms with E-state index in [2.05, 4.69) is 25.4 Å². The van der Waals surface area contributed by atoms with Crippen LogP contribution in [-0.2, 0) is 16.1 Å². The van der Waals surface area contributed by atoms with Crippen LogP contribution in [-0.4, -0.2) is 65.4 Å². The van der Waals surface area contributed by atoms with E-state index >= 15 is 0 Å². The summed E-state index contributed by atoms with van der Waals surface area (Å²) in [6, 6.07) is 13.0. The quantitative estimate of drug-likeness (QED) is 0.723. The van der Waals surface area contributed by atoms with Gasteiger partial charge >= 0.3 is 0 Å². The molecule has 1 aromatic carbocycles. The fourth-order valence-corrected chi connectivity index (χ4v) is 3.32. The van der Waals surface area contributed by atoms with Gasteiger partial charge in [-0.3, -0.25) is 19.4 Å². The number of amides is 2. The number of nitrogens with zero attached hydrogens (tertiary/aromatic N) is 3. The molecule has 1 saturated heterocycles. The number of pyridine rings is 1. The van der Waals surface area contributed by atoms with E-state index in [1.54, 1.807) is 12.1 Å². The predicted octanol–water partition coefficient (Wildman–Crippen LogP) is 2.00. The molecular weight excluding hydrogens is 390 g/mol. The van der Waals surface area contributed by atoms with Gasteiger partial charge in [0.05, 0.1) is 17.6 Å². The number of aromatic nitrogens is 1. The molecule has 154 valence electrons. The summed E-state index contributed by atoms with van der Waals surface area (Å²) in [5.41, 5.74) is 1.08. The van der Waals surface area contributed by atoms with E-state index in [1.807, 2.05) is 37.3 Å². The van der Waals surface area contributed by atoms with Crippen LogP contribution in [0.2, 0.25) is 5.02 Å². The lowest BCUT2D eigenvalue weighted by Gasteiger charge is -2.37. The van der Waals surface area contributed by atoms with E-state index in [0.29, 0.717) is 23.9 Å². The van der Waals surface area contributed by atoms with Gasteiger partial charge in [0.1, 0.15) is 5.82 Å². The standard InChI is InChI=1S/C21H26ClN5O2/c1-16(21(29)25-19-8-7-18(22)14-23-19)27-11-9-26(10-12-27)15-20(28)24-13-17-5-3-2-4-6-17/h2-8,14,16H,9-13,15H2,1H3,(H,24,28)(H,23,25,29). The lowest BCUT2D eigenvalue weighted by Crippen LogP contribution is -2.54. The molecule has 2 aromatic rings. The third kappa shape index (κ3) is 6.52. The summed E-state index contributed by atoms with van der Waals surface area (Å²) in [7, 11) is 0. The van der Waals surface area contributed by atoms with E-state index in [-0.39, 0.29) is 17.9 Å².